The lowest BCUT2D eigenvalue weighted by Gasteiger charge is -2.31. The number of hydrogen-bond donors (Lipinski definition) is 0. The zero-order valence-electron chi connectivity index (χ0n) is 12.7. The average Bonchev–Trinajstić information content (AvgIpc) is 2.85. The summed E-state index contributed by atoms with van der Waals surface area (Å²) in [4.78, 5) is 13.8. The Hall–Kier alpha value is -1.44. The van der Waals surface area contributed by atoms with E-state index in [9.17, 15) is 13.2 Å². The highest BCUT2D eigenvalue weighted by atomic mass is 32.2. The molecular formula is C13H22N4O3S. The zero-order valence-corrected chi connectivity index (χ0v) is 13.5. The second-order valence-corrected chi connectivity index (χ2v) is 8.07. The SMILES string of the molecule is CC(C)CC(=O)N1CCC(S(=O)(=O)c2nncn2C)CC1. The fraction of sp³-hybridized carbons (Fsp3) is 0.769. The number of carbonyl (C=O) groups excluding carboxylic acids is 1. The van der Waals surface area contributed by atoms with Gasteiger partial charge in [0.15, 0.2) is 0 Å². The van der Waals surface area contributed by atoms with Crippen LogP contribution in [-0.4, -0.2) is 52.3 Å². The van der Waals surface area contributed by atoms with Crippen molar-refractivity contribution in [2.45, 2.75) is 43.5 Å². The van der Waals surface area contributed by atoms with Crippen molar-refractivity contribution in [3.8, 4) is 0 Å². The Morgan fingerprint density at radius 3 is 2.48 bits per heavy atom. The van der Waals surface area contributed by atoms with Gasteiger partial charge in [-0.05, 0) is 18.8 Å². The van der Waals surface area contributed by atoms with E-state index in [1.54, 1.807) is 11.9 Å². The number of amides is 1. The topological polar surface area (TPSA) is 85.2 Å². The minimum atomic E-state index is -3.47. The van der Waals surface area contributed by atoms with Gasteiger partial charge in [0.1, 0.15) is 6.33 Å². The van der Waals surface area contributed by atoms with Gasteiger partial charge < -0.3 is 9.47 Å². The van der Waals surface area contributed by atoms with Crippen molar-refractivity contribution in [2.75, 3.05) is 13.1 Å². The molecule has 1 aliphatic heterocycles. The van der Waals surface area contributed by atoms with E-state index in [2.05, 4.69) is 10.2 Å². The summed E-state index contributed by atoms with van der Waals surface area (Å²) in [6, 6.07) is 0. The number of aromatic nitrogens is 3. The first-order chi connectivity index (χ1) is 9.82. The van der Waals surface area contributed by atoms with Gasteiger partial charge in [-0.25, -0.2) is 8.42 Å². The van der Waals surface area contributed by atoms with Gasteiger partial charge in [-0.15, -0.1) is 10.2 Å². The van der Waals surface area contributed by atoms with Crippen LogP contribution in [0, 0.1) is 5.92 Å². The normalized spacial score (nSPS) is 17.4. The second kappa shape index (κ2) is 6.13. The monoisotopic (exact) mass is 314 g/mol. The van der Waals surface area contributed by atoms with Crippen molar-refractivity contribution in [1.82, 2.24) is 19.7 Å². The first kappa shape index (κ1) is 15.9. The predicted molar refractivity (Wildman–Crippen MR) is 77.2 cm³/mol. The Bertz CT molecular complexity index is 601. The quantitative estimate of drug-likeness (QED) is 0.813. The second-order valence-electron chi connectivity index (χ2n) is 5.95. The van der Waals surface area contributed by atoms with Crippen molar-refractivity contribution in [2.24, 2.45) is 13.0 Å². The van der Waals surface area contributed by atoms with Crippen LogP contribution in [0.15, 0.2) is 11.5 Å². The third kappa shape index (κ3) is 3.42. The number of hydrogen-bond acceptors (Lipinski definition) is 5. The summed E-state index contributed by atoms with van der Waals surface area (Å²) in [6.45, 7) is 4.99. The molecule has 0 spiro atoms. The van der Waals surface area contributed by atoms with E-state index in [-0.39, 0.29) is 11.1 Å². The molecule has 2 heterocycles. The molecule has 0 N–H and O–H groups in total. The van der Waals surface area contributed by atoms with Crippen LogP contribution < -0.4 is 0 Å². The fourth-order valence-electron chi connectivity index (χ4n) is 2.57. The molecule has 8 heteroatoms. The third-order valence-corrected chi connectivity index (χ3v) is 5.97. The van der Waals surface area contributed by atoms with Crippen molar-refractivity contribution < 1.29 is 13.2 Å². The lowest BCUT2D eigenvalue weighted by Crippen LogP contribution is -2.43. The third-order valence-electron chi connectivity index (χ3n) is 3.74. The molecule has 1 aromatic rings. The molecule has 1 aromatic heterocycles. The number of likely N-dealkylation sites (tertiary alicyclic amines) is 1. The van der Waals surface area contributed by atoms with E-state index in [4.69, 9.17) is 0 Å². The summed E-state index contributed by atoms with van der Waals surface area (Å²) < 4.78 is 26.4. The number of carbonyl (C=O) groups is 1. The molecule has 2 rings (SSSR count). The molecule has 0 atom stereocenters. The molecule has 21 heavy (non-hydrogen) atoms. The van der Waals surface area contributed by atoms with Crippen LogP contribution in [0.25, 0.3) is 0 Å². The van der Waals surface area contributed by atoms with Gasteiger partial charge in [0.05, 0.1) is 5.25 Å². The van der Waals surface area contributed by atoms with Gasteiger partial charge in [-0.3, -0.25) is 4.79 Å². The minimum absolute atomic E-state index is 0.00876. The molecule has 1 fully saturated rings. The highest BCUT2D eigenvalue weighted by Gasteiger charge is 2.35. The summed E-state index contributed by atoms with van der Waals surface area (Å²) in [7, 11) is -1.85. The number of nitrogens with zero attached hydrogens (tertiary/aromatic N) is 4. The molecule has 0 radical (unpaired) electrons. The van der Waals surface area contributed by atoms with E-state index in [1.165, 1.54) is 10.9 Å². The summed E-state index contributed by atoms with van der Waals surface area (Å²) in [6.07, 6.45) is 2.81. The van der Waals surface area contributed by atoms with E-state index < -0.39 is 15.1 Å². The van der Waals surface area contributed by atoms with Crippen LogP contribution in [0.5, 0.6) is 0 Å². The van der Waals surface area contributed by atoms with Crippen LogP contribution in [0.4, 0.5) is 0 Å². The highest BCUT2D eigenvalue weighted by molar-refractivity contribution is 7.91. The van der Waals surface area contributed by atoms with Crippen molar-refractivity contribution in [3.05, 3.63) is 6.33 Å². The first-order valence-electron chi connectivity index (χ1n) is 7.18. The minimum Gasteiger partial charge on any atom is -0.343 e. The molecule has 0 bridgehead atoms. The van der Waals surface area contributed by atoms with Gasteiger partial charge >= 0.3 is 0 Å². The van der Waals surface area contributed by atoms with Gasteiger partial charge in [0.25, 0.3) is 0 Å². The molecule has 1 saturated heterocycles. The van der Waals surface area contributed by atoms with E-state index >= 15 is 0 Å². The van der Waals surface area contributed by atoms with Crippen molar-refractivity contribution in [3.63, 3.8) is 0 Å². The van der Waals surface area contributed by atoms with Gasteiger partial charge in [-0.2, -0.15) is 0 Å². The Labute approximate surface area is 125 Å². The lowest BCUT2D eigenvalue weighted by atomic mass is 10.1. The van der Waals surface area contributed by atoms with E-state index in [0.29, 0.717) is 38.3 Å². The van der Waals surface area contributed by atoms with Crippen LogP contribution in [0.1, 0.15) is 33.1 Å². The zero-order chi connectivity index (χ0) is 15.6. The number of aryl methyl sites for hydroxylation is 1. The molecule has 0 aromatic carbocycles. The molecule has 1 amide bonds. The molecule has 1 aliphatic rings. The lowest BCUT2D eigenvalue weighted by molar-refractivity contribution is -0.132. The molecule has 7 nitrogen and oxygen atoms in total. The van der Waals surface area contributed by atoms with Crippen LogP contribution in [0.2, 0.25) is 0 Å². The average molecular weight is 314 g/mol. The van der Waals surface area contributed by atoms with Gasteiger partial charge in [0.2, 0.25) is 20.9 Å². The maximum absolute atomic E-state index is 12.5. The van der Waals surface area contributed by atoms with E-state index in [0.717, 1.165) is 0 Å². The Morgan fingerprint density at radius 2 is 2.00 bits per heavy atom. The Balaban J connectivity index is 2.01. The smallest absolute Gasteiger partial charge is 0.249 e. The maximum Gasteiger partial charge on any atom is 0.249 e. The van der Waals surface area contributed by atoms with Crippen LogP contribution in [-0.2, 0) is 21.7 Å². The molecule has 0 aliphatic carbocycles. The molecule has 118 valence electrons. The summed E-state index contributed by atoms with van der Waals surface area (Å²) in [5.74, 6) is 0.428. The van der Waals surface area contributed by atoms with Crippen molar-refractivity contribution in [1.29, 1.82) is 0 Å². The van der Waals surface area contributed by atoms with Crippen molar-refractivity contribution >= 4 is 15.7 Å². The highest BCUT2D eigenvalue weighted by Crippen LogP contribution is 2.23. The van der Waals surface area contributed by atoms with Gasteiger partial charge in [0, 0.05) is 26.6 Å². The number of piperidine rings is 1. The first-order valence-corrected chi connectivity index (χ1v) is 8.72. The van der Waals surface area contributed by atoms with E-state index in [1.807, 2.05) is 13.8 Å². The maximum atomic E-state index is 12.5. The number of rotatable bonds is 4. The standard InChI is InChI=1S/C13H22N4O3S/c1-10(2)8-12(18)17-6-4-11(5-7-17)21(19,20)13-15-14-9-16(13)3/h9-11H,4-8H2,1-3H3. The van der Waals surface area contributed by atoms with Gasteiger partial charge in [-0.1, -0.05) is 13.8 Å². The number of sulfone groups is 1. The molecule has 0 unspecified atom stereocenters. The summed E-state index contributed by atoms with van der Waals surface area (Å²) in [5.41, 5.74) is 0. The van der Waals surface area contributed by atoms with Crippen LogP contribution >= 0.6 is 0 Å². The van der Waals surface area contributed by atoms with Crippen LogP contribution in [0.3, 0.4) is 0 Å². The predicted octanol–water partition coefficient (Wildman–Crippen LogP) is 0.626. The summed E-state index contributed by atoms with van der Waals surface area (Å²) >= 11 is 0. The largest absolute Gasteiger partial charge is 0.343 e. The summed E-state index contributed by atoms with van der Waals surface area (Å²) in [5, 5.41) is 6.85. The fourth-order valence-corrected chi connectivity index (χ4v) is 4.31. The molecular weight excluding hydrogens is 292 g/mol. The molecule has 0 saturated carbocycles. The Kier molecular flexibility index (Phi) is 4.65. The Morgan fingerprint density at radius 1 is 1.38 bits per heavy atom.